The van der Waals surface area contributed by atoms with Gasteiger partial charge in [-0.05, 0) is 19.8 Å². The Kier molecular flexibility index (Phi) is 6.95. The molecule has 0 saturated carbocycles. The highest BCUT2D eigenvalue weighted by molar-refractivity contribution is 5.82. The molecule has 0 bridgehead atoms. The SMILES string of the molecule is CCC(C)[C@H](N)C(=O)N1CCN(C(=O)N(CC)CC)CC1. The molecule has 1 aliphatic rings. The van der Waals surface area contributed by atoms with Gasteiger partial charge in [-0.15, -0.1) is 0 Å². The van der Waals surface area contributed by atoms with Gasteiger partial charge in [0.2, 0.25) is 5.91 Å². The summed E-state index contributed by atoms with van der Waals surface area (Å²) < 4.78 is 0. The lowest BCUT2D eigenvalue weighted by Crippen LogP contribution is -2.57. The maximum atomic E-state index is 12.3. The van der Waals surface area contributed by atoms with E-state index in [-0.39, 0.29) is 17.9 Å². The van der Waals surface area contributed by atoms with E-state index in [0.717, 1.165) is 6.42 Å². The predicted octanol–water partition coefficient (Wildman–Crippen LogP) is 0.966. The van der Waals surface area contributed by atoms with Crippen LogP contribution in [0.2, 0.25) is 0 Å². The third kappa shape index (κ3) is 4.33. The van der Waals surface area contributed by atoms with Gasteiger partial charge in [0.15, 0.2) is 0 Å². The van der Waals surface area contributed by atoms with Crippen molar-refractivity contribution in [2.24, 2.45) is 11.7 Å². The third-order valence-corrected chi connectivity index (χ3v) is 4.44. The molecule has 0 spiro atoms. The van der Waals surface area contributed by atoms with E-state index in [9.17, 15) is 9.59 Å². The fourth-order valence-corrected chi connectivity index (χ4v) is 2.52. The maximum Gasteiger partial charge on any atom is 0.320 e. The van der Waals surface area contributed by atoms with Crippen LogP contribution in [0, 0.1) is 5.92 Å². The fourth-order valence-electron chi connectivity index (χ4n) is 2.52. The van der Waals surface area contributed by atoms with E-state index < -0.39 is 6.04 Å². The Morgan fingerprint density at radius 2 is 1.52 bits per heavy atom. The number of nitrogens with zero attached hydrogens (tertiary/aromatic N) is 3. The first-order chi connectivity index (χ1) is 9.96. The molecular weight excluding hydrogens is 268 g/mol. The lowest BCUT2D eigenvalue weighted by atomic mass is 9.98. The number of hydrogen-bond donors (Lipinski definition) is 1. The topological polar surface area (TPSA) is 69.9 Å². The molecule has 1 saturated heterocycles. The average molecular weight is 298 g/mol. The van der Waals surface area contributed by atoms with Crippen molar-refractivity contribution in [3.8, 4) is 0 Å². The second-order valence-corrected chi connectivity index (χ2v) is 5.68. The summed E-state index contributed by atoms with van der Waals surface area (Å²) in [5.41, 5.74) is 6.01. The molecule has 1 rings (SSSR count). The summed E-state index contributed by atoms with van der Waals surface area (Å²) in [6.07, 6.45) is 0.896. The molecule has 2 atom stereocenters. The molecule has 21 heavy (non-hydrogen) atoms. The van der Waals surface area contributed by atoms with E-state index in [1.807, 2.05) is 37.5 Å². The number of piperazine rings is 1. The van der Waals surface area contributed by atoms with Crippen molar-refractivity contribution >= 4 is 11.9 Å². The summed E-state index contributed by atoms with van der Waals surface area (Å²) in [5, 5.41) is 0. The number of hydrogen-bond acceptors (Lipinski definition) is 3. The average Bonchev–Trinajstić information content (AvgIpc) is 2.53. The van der Waals surface area contributed by atoms with Crippen LogP contribution in [0.3, 0.4) is 0 Å². The molecule has 0 aromatic rings. The highest BCUT2D eigenvalue weighted by atomic mass is 16.2. The Balaban J connectivity index is 2.52. The van der Waals surface area contributed by atoms with Crippen LogP contribution >= 0.6 is 0 Å². The summed E-state index contributed by atoms with van der Waals surface area (Å²) in [4.78, 5) is 30.0. The van der Waals surface area contributed by atoms with Crippen LogP contribution in [0.15, 0.2) is 0 Å². The first-order valence-corrected chi connectivity index (χ1v) is 8.04. The summed E-state index contributed by atoms with van der Waals surface area (Å²) >= 11 is 0. The Morgan fingerprint density at radius 1 is 1.05 bits per heavy atom. The smallest absolute Gasteiger partial charge is 0.320 e. The first-order valence-electron chi connectivity index (χ1n) is 8.04. The van der Waals surface area contributed by atoms with E-state index in [4.69, 9.17) is 5.73 Å². The summed E-state index contributed by atoms with van der Waals surface area (Å²) in [7, 11) is 0. The van der Waals surface area contributed by atoms with Gasteiger partial charge in [-0.25, -0.2) is 4.79 Å². The lowest BCUT2D eigenvalue weighted by molar-refractivity contribution is -0.135. The number of nitrogens with two attached hydrogens (primary N) is 1. The van der Waals surface area contributed by atoms with E-state index in [2.05, 4.69) is 0 Å². The molecule has 6 heteroatoms. The second-order valence-electron chi connectivity index (χ2n) is 5.68. The van der Waals surface area contributed by atoms with Crippen LogP contribution in [0.4, 0.5) is 4.79 Å². The quantitative estimate of drug-likeness (QED) is 0.822. The first kappa shape index (κ1) is 17.8. The number of carbonyl (C=O) groups is 2. The minimum Gasteiger partial charge on any atom is -0.338 e. The van der Waals surface area contributed by atoms with Crippen molar-refractivity contribution in [3.05, 3.63) is 0 Å². The van der Waals surface area contributed by atoms with Crippen LogP contribution in [-0.4, -0.2) is 71.9 Å². The lowest BCUT2D eigenvalue weighted by Gasteiger charge is -2.38. The minimum absolute atomic E-state index is 0.0132. The van der Waals surface area contributed by atoms with Gasteiger partial charge in [-0.2, -0.15) is 0 Å². The molecule has 0 aromatic heterocycles. The molecule has 1 fully saturated rings. The van der Waals surface area contributed by atoms with E-state index in [0.29, 0.717) is 39.3 Å². The molecule has 1 aliphatic heterocycles. The van der Waals surface area contributed by atoms with Gasteiger partial charge in [0.05, 0.1) is 6.04 Å². The van der Waals surface area contributed by atoms with Crippen LogP contribution in [0.25, 0.3) is 0 Å². The Morgan fingerprint density at radius 3 is 1.95 bits per heavy atom. The van der Waals surface area contributed by atoms with Crippen molar-refractivity contribution in [2.75, 3.05) is 39.3 Å². The van der Waals surface area contributed by atoms with Crippen LogP contribution < -0.4 is 5.73 Å². The van der Waals surface area contributed by atoms with Gasteiger partial charge < -0.3 is 20.4 Å². The second kappa shape index (κ2) is 8.22. The van der Waals surface area contributed by atoms with E-state index >= 15 is 0 Å². The maximum absolute atomic E-state index is 12.3. The molecule has 0 radical (unpaired) electrons. The molecule has 0 aliphatic carbocycles. The minimum atomic E-state index is -0.431. The van der Waals surface area contributed by atoms with Crippen molar-refractivity contribution in [3.63, 3.8) is 0 Å². The third-order valence-electron chi connectivity index (χ3n) is 4.44. The van der Waals surface area contributed by atoms with Gasteiger partial charge in [-0.3, -0.25) is 4.79 Å². The standard InChI is InChI=1S/C15H30N4O2/c1-5-12(4)13(16)14(20)18-8-10-19(11-9-18)15(21)17(6-2)7-3/h12-13H,5-11,16H2,1-4H3/t12?,13-/m0/s1. The van der Waals surface area contributed by atoms with Crippen molar-refractivity contribution in [1.82, 2.24) is 14.7 Å². The van der Waals surface area contributed by atoms with Crippen molar-refractivity contribution < 1.29 is 9.59 Å². The molecule has 6 nitrogen and oxygen atoms in total. The zero-order chi connectivity index (χ0) is 16.0. The Hall–Kier alpha value is -1.30. The van der Waals surface area contributed by atoms with Gasteiger partial charge in [-0.1, -0.05) is 20.3 Å². The monoisotopic (exact) mass is 298 g/mol. The van der Waals surface area contributed by atoms with E-state index in [1.54, 1.807) is 4.90 Å². The van der Waals surface area contributed by atoms with E-state index in [1.165, 1.54) is 0 Å². The largest absolute Gasteiger partial charge is 0.338 e. The molecular formula is C15H30N4O2. The number of amides is 3. The highest BCUT2D eigenvalue weighted by Gasteiger charge is 2.30. The van der Waals surface area contributed by atoms with Gasteiger partial charge in [0.25, 0.3) is 0 Å². The van der Waals surface area contributed by atoms with Gasteiger partial charge >= 0.3 is 6.03 Å². The van der Waals surface area contributed by atoms with Crippen molar-refractivity contribution in [1.29, 1.82) is 0 Å². The zero-order valence-corrected chi connectivity index (χ0v) is 13.8. The van der Waals surface area contributed by atoms with Gasteiger partial charge in [0.1, 0.15) is 0 Å². The van der Waals surface area contributed by atoms with Crippen LogP contribution in [-0.2, 0) is 4.79 Å². The summed E-state index contributed by atoms with van der Waals surface area (Å²) in [6.45, 7) is 11.8. The predicted molar refractivity (Wildman–Crippen MR) is 83.9 cm³/mol. The molecule has 2 N–H and O–H groups in total. The Bertz CT molecular complexity index is 350. The molecule has 1 unspecified atom stereocenters. The number of rotatable bonds is 5. The Labute approximate surface area is 128 Å². The molecule has 3 amide bonds. The van der Waals surface area contributed by atoms with Crippen molar-refractivity contribution in [2.45, 2.75) is 40.2 Å². The molecule has 1 heterocycles. The highest BCUT2D eigenvalue weighted by Crippen LogP contribution is 2.12. The number of carbonyl (C=O) groups excluding carboxylic acids is 2. The summed E-state index contributed by atoms with van der Waals surface area (Å²) in [5.74, 6) is 0.201. The summed E-state index contributed by atoms with van der Waals surface area (Å²) in [6, 6.07) is -0.363. The van der Waals surface area contributed by atoms with Crippen LogP contribution in [0.1, 0.15) is 34.1 Å². The van der Waals surface area contributed by atoms with Gasteiger partial charge in [0, 0.05) is 39.3 Å². The zero-order valence-electron chi connectivity index (χ0n) is 13.8. The normalized spacial score (nSPS) is 18.3. The number of urea groups is 1. The molecule has 0 aromatic carbocycles. The van der Waals surface area contributed by atoms with Crippen LogP contribution in [0.5, 0.6) is 0 Å². The molecule has 122 valence electrons. The fraction of sp³-hybridized carbons (Fsp3) is 0.867.